The minimum absolute atomic E-state index is 0.374. The molecule has 0 radical (unpaired) electrons. The van der Waals surface area contributed by atoms with Gasteiger partial charge in [0.1, 0.15) is 12.4 Å². The average Bonchev–Trinajstić information content (AvgIpc) is 3.16. The number of aromatic nitrogens is 3. The van der Waals surface area contributed by atoms with Crippen LogP contribution >= 0.6 is 0 Å². The van der Waals surface area contributed by atoms with E-state index >= 15 is 0 Å². The molecule has 30 heavy (non-hydrogen) atoms. The van der Waals surface area contributed by atoms with E-state index in [9.17, 15) is 0 Å². The number of ether oxygens (including phenoxy) is 1. The van der Waals surface area contributed by atoms with Gasteiger partial charge in [-0.05, 0) is 52.7 Å². The van der Waals surface area contributed by atoms with Crippen LogP contribution in [0.25, 0.3) is 22.3 Å². The monoisotopic (exact) mass is 407 g/mol. The molecule has 0 N–H and O–H groups in total. The third-order valence-electron chi connectivity index (χ3n) is 6.10. The normalized spacial score (nSPS) is 17.7. The first kappa shape index (κ1) is 21.0. The predicted molar refractivity (Wildman–Crippen MR) is 120 cm³/mol. The zero-order valence-corrected chi connectivity index (χ0v) is 18.7. The van der Waals surface area contributed by atoms with E-state index in [1.54, 1.807) is 0 Å². The lowest BCUT2D eigenvalue weighted by molar-refractivity contribution is 0.00578. The van der Waals surface area contributed by atoms with E-state index in [0.29, 0.717) is 13.3 Å². The highest BCUT2D eigenvalue weighted by Crippen LogP contribution is 2.37. The van der Waals surface area contributed by atoms with Gasteiger partial charge in [-0.3, -0.25) is 0 Å². The van der Waals surface area contributed by atoms with Crippen molar-refractivity contribution in [1.82, 2.24) is 14.8 Å². The molecule has 0 saturated carbocycles. The summed E-state index contributed by atoms with van der Waals surface area (Å²) in [6.07, 6.45) is 2.79. The van der Waals surface area contributed by atoms with Gasteiger partial charge in [-0.25, -0.2) is 9.67 Å². The summed E-state index contributed by atoms with van der Waals surface area (Å²) >= 11 is 0. The highest BCUT2D eigenvalue weighted by Gasteiger charge is 2.51. The lowest BCUT2D eigenvalue weighted by Gasteiger charge is -2.32. The standard InChI is InChI=1S/C23H30BN3O3/c1-7-12-28-15-27-21-19(20(26-27)18-11-9-8-10-16(18)2)13-17(14-25-21)24-29-22(3,4)23(5,6)30-24/h8-11,13-14H,7,12,15H2,1-6H3. The number of aryl methyl sites for hydroxylation is 1. The molecule has 7 heteroatoms. The van der Waals surface area contributed by atoms with Gasteiger partial charge in [0.05, 0.1) is 11.2 Å². The van der Waals surface area contributed by atoms with Crippen molar-refractivity contribution >= 4 is 23.6 Å². The summed E-state index contributed by atoms with van der Waals surface area (Å²) in [6.45, 7) is 13.5. The first-order chi connectivity index (χ1) is 14.2. The van der Waals surface area contributed by atoms with Gasteiger partial charge in [-0.2, -0.15) is 5.10 Å². The fourth-order valence-electron chi connectivity index (χ4n) is 3.61. The number of hydrogen-bond acceptors (Lipinski definition) is 5. The third kappa shape index (κ3) is 3.66. The molecule has 4 rings (SSSR count). The molecule has 1 aliphatic heterocycles. The average molecular weight is 407 g/mol. The fraction of sp³-hybridized carbons (Fsp3) is 0.478. The maximum atomic E-state index is 6.24. The van der Waals surface area contributed by atoms with Crippen LogP contribution in [-0.2, 0) is 20.8 Å². The molecule has 1 fully saturated rings. The fourth-order valence-corrected chi connectivity index (χ4v) is 3.61. The number of hydrogen-bond donors (Lipinski definition) is 0. The molecule has 3 aromatic rings. The Bertz CT molecular complexity index is 1050. The van der Waals surface area contributed by atoms with Crippen LogP contribution in [0.3, 0.4) is 0 Å². The van der Waals surface area contributed by atoms with Gasteiger partial charge < -0.3 is 14.0 Å². The van der Waals surface area contributed by atoms with Gasteiger partial charge in [0.15, 0.2) is 5.65 Å². The molecule has 1 aliphatic rings. The minimum Gasteiger partial charge on any atom is -0.399 e. The first-order valence-electron chi connectivity index (χ1n) is 10.6. The van der Waals surface area contributed by atoms with Crippen LogP contribution in [0.5, 0.6) is 0 Å². The van der Waals surface area contributed by atoms with E-state index in [1.165, 1.54) is 5.56 Å². The van der Waals surface area contributed by atoms with E-state index in [2.05, 4.69) is 59.7 Å². The smallest absolute Gasteiger partial charge is 0.399 e. The maximum Gasteiger partial charge on any atom is 0.496 e. The summed E-state index contributed by atoms with van der Waals surface area (Å²) in [7, 11) is -0.462. The molecule has 0 atom stereocenters. The van der Waals surface area contributed by atoms with Crippen LogP contribution in [0.2, 0.25) is 0 Å². The van der Waals surface area contributed by atoms with E-state index in [1.807, 2.05) is 23.0 Å². The molecule has 6 nitrogen and oxygen atoms in total. The van der Waals surface area contributed by atoms with Gasteiger partial charge in [-0.15, -0.1) is 0 Å². The minimum atomic E-state index is -0.462. The molecule has 0 aliphatic carbocycles. The quantitative estimate of drug-likeness (QED) is 0.455. The molecule has 2 aromatic heterocycles. The molecule has 3 heterocycles. The number of benzene rings is 1. The second-order valence-electron chi connectivity index (χ2n) is 8.93. The van der Waals surface area contributed by atoms with Gasteiger partial charge in [0.25, 0.3) is 0 Å². The SMILES string of the molecule is CCCOCn1nc(-c2ccccc2C)c2cc(B3OC(C)(C)C(C)(C)O3)cnc21. The Balaban J connectivity index is 1.80. The lowest BCUT2D eigenvalue weighted by Crippen LogP contribution is -2.41. The van der Waals surface area contributed by atoms with Crippen LogP contribution in [0.4, 0.5) is 0 Å². The Kier molecular flexibility index (Phi) is 5.47. The molecule has 0 amide bonds. The molecule has 0 unspecified atom stereocenters. The van der Waals surface area contributed by atoms with Crippen LogP contribution in [0.15, 0.2) is 36.5 Å². The predicted octanol–water partition coefficient (Wildman–Crippen LogP) is 4.09. The van der Waals surface area contributed by atoms with Gasteiger partial charge in [0.2, 0.25) is 0 Å². The second-order valence-corrected chi connectivity index (χ2v) is 8.93. The first-order valence-corrected chi connectivity index (χ1v) is 10.6. The van der Waals surface area contributed by atoms with Crippen molar-refractivity contribution in [3.8, 4) is 11.3 Å². The van der Waals surface area contributed by atoms with Crippen LogP contribution in [-0.4, -0.2) is 39.7 Å². The summed E-state index contributed by atoms with van der Waals surface area (Å²) in [5, 5.41) is 5.83. The summed E-state index contributed by atoms with van der Waals surface area (Å²) < 4.78 is 20.1. The number of fused-ring (bicyclic) bond motifs is 1. The van der Waals surface area contributed by atoms with E-state index < -0.39 is 18.3 Å². The van der Waals surface area contributed by atoms with Crippen molar-refractivity contribution in [2.45, 2.75) is 65.9 Å². The molecule has 0 spiro atoms. The second kappa shape index (κ2) is 7.80. The van der Waals surface area contributed by atoms with E-state index in [-0.39, 0.29) is 0 Å². The zero-order valence-electron chi connectivity index (χ0n) is 18.7. The van der Waals surface area contributed by atoms with Crippen LogP contribution in [0, 0.1) is 6.92 Å². The number of nitrogens with zero attached hydrogens (tertiary/aromatic N) is 3. The van der Waals surface area contributed by atoms with Crippen molar-refractivity contribution in [1.29, 1.82) is 0 Å². The molecular formula is C23H30BN3O3. The summed E-state index contributed by atoms with van der Waals surface area (Å²) in [5.41, 5.74) is 4.04. The number of pyridine rings is 1. The third-order valence-corrected chi connectivity index (χ3v) is 6.10. The molecular weight excluding hydrogens is 377 g/mol. The van der Waals surface area contributed by atoms with Gasteiger partial charge in [0, 0.05) is 29.2 Å². The maximum absolute atomic E-state index is 6.24. The molecule has 1 saturated heterocycles. The number of rotatable bonds is 6. The molecule has 1 aromatic carbocycles. The molecule has 0 bridgehead atoms. The highest BCUT2D eigenvalue weighted by atomic mass is 16.7. The van der Waals surface area contributed by atoms with Gasteiger partial charge >= 0.3 is 7.12 Å². The summed E-state index contributed by atoms with van der Waals surface area (Å²) in [5.74, 6) is 0. The van der Waals surface area contributed by atoms with E-state index in [4.69, 9.17) is 24.1 Å². The van der Waals surface area contributed by atoms with Crippen molar-refractivity contribution in [3.63, 3.8) is 0 Å². The Morgan fingerprint density at radius 3 is 2.47 bits per heavy atom. The Morgan fingerprint density at radius 2 is 1.80 bits per heavy atom. The van der Waals surface area contributed by atoms with Crippen molar-refractivity contribution < 1.29 is 14.0 Å². The lowest BCUT2D eigenvalue weighted by atomic mass is 9.80. The van der Waals surface area contributed by atoms with Crippen molar-refractivity contribution in [3.05, 3.63) is 42.1 Å². The Hall–Kier alpha value is -2.22. The van der Waals surface area contributed by atoms with Crippen LogP contribution < -0.4 is 5.46 Å². The van der Waals surface area contributed by atoms with E-state index in [0.717, 1.165) is 34.2 Å². The van der Waals surface area contributed by atoms with Crippen molar-refractivity contribution in [2.75, 3.05) is 6.61 Å². The largest absolute Gasteiger partial charge is 0.496 e. The highest BCUT2D eigenvalue weighted by molar-refractivity contribution is 6.62. The Labute approximate surface area is 178 Å². The summed E-state index contributed by atoms with van der Waals surface area (Å²) in [6, 6.07) is 10.4. The van der Waals surface area contributed by atoms with Gasteiger partial charge in [-0.1, -0.05) is 31.2 Å². The topological polar surface area (TPSA) is 58.4 Å². The van der Waals surface area contributed by atoms with Crippen molar-refractivity contribution in [2.24, 2.45) is 0 Å². The Morgan fingerprint density at radius 1 is 1.10 bits per heavy atom. The van der Waals surface area contributed by atoms with Crippen LogP contribution in [0.1, 0.15) is 46.6 Å². The summed E-state index contributed by atoms with van der Waals surface area (Å²) in [4.78, 5) is 4.74. The zero-order chi connectivity index (χ0) is 21.5. The molecule has 158 valence electrons.